The molecule has 0 aliphatic carbocycles. The summed E-state index contributed by atoms with van der Waals surface area (Å²) in [6.07, 6.45) is 1.35. The fourth-order valence-corrected chi connectivity index (χ4v) is 1.96. The number of nitrogens with zero attached hydrogens (tertiary/aromatic N) is 1. The average molecular weight is 202 g/mol. The topological polar surface area (TPSA) is 93.3 Å². The molecule has 0 unspecified atom stereocenters. The smallest absolute Gasteiger partial charge is 0.199 e. The maximum absolute atomic E-state index is 11.4. The van der Waals surface area contributed by atoms with Gasteiger partial charge in [-0.3, -0.25) is 0 Å². The van der Waals surface area contributed by atoms with Crippen LogP contribution in [0.1, 0.15) is 0 Å². The van der Waals surface area contributed by atoms with Crippen LogP contribution in [0.3, 0.4) is 0 Å². The normalized spacial score (nSPS) is 11.5. The lowest BCUT2D eigenvalue weighted by Crippen LogP contribution is -2.13. The van der Waals surface area contributed by atoms with E-state index in [9.17, 15) is 8.42 Å². The minimum absolute atomic E-state index is 0.107. The molecular weight excluding hydrogens is 192 g/mol. The van der Waals surface area contributed by atoms with E-state index in [1.807, 2.05) is 0 Å². The maximum Gasteiger partial charge on any atom is 0.199 e. The first-order valence-electron chi connectivity index (χ1n) is 3.62. The van der Waals surface area contributed by atoms with Crippen molar-refractivity contribution >= 4 is 15.5 Å². The standard InChI is InChI=1S/C7H10N2O3S/c8-6-2-1-3-9-7(6)13(11,12)5-4-10/h1-3,10H,4-5,8H2. The molecule has 1 heterocycles. The van der Waals surface area contributed by atoms with Crippen LogP contribution in [0, 0.1) is 0 Å². The van der Waals surface area contributed by atoms with Crippen LogP contribution in [-0.4, -0.2) is 30.9 Å². The number of rotatable bonds is 3. The predicted molar refractivity (Wildman–Crippen MR) is 47.8 cm³/mol. The van der Waals surface area contributed by atoms with Gasteiger partial charge in [0.25, 0.3) is 0 Å². The van der Waals surface area contributed by atoms with Crippen LogP contribution in [0.25, 0.3) is 0 Å². The van der Waals surface area contributed by atoms with E-state index >= 15 is 0 Å². The predicted octanol–water partition coefficient (Wildman–Crippen LogP) is -0.570. The fraction of sp³-hybridized carbons (Fsp3) is 0.286. The van der Waals surface area contributed by atoms with Crippen molar-refractivity contribution in [2.75, 3.05) is 18.1 Å². The van der Waals surface area contributed by atoms with Crippen LogP contribution in [0.4, 0.5) is 5.69 Å². The minimum Gasteiger partial charge on any atom is -0.396 e. The SMILES string of the molecule is Nc1cccnc1S(=O)(=O)CCO. The molecule has 6 heteroatoms. The number of pyridine rings is 1. The van der Waals surface area contributed by atoms with Crippen LogP contribution in [-0.2, 0) is 9.84 Å². The lowest BCUT2D eigenvalue weighted by molar-refractivity contribution is 0.319. The van der Waals surface area contributed by atoms with Crippen molar-refractivity contribution in [2.45, 2.75) is 5.03 Å². The average Bonchev–Trinajstić information content (AvgIpc) is 2.04. The lowest BCUT2D eigenvalue weighted by atomic mass is 10.4. The van der Waals surface area contributed by atoms with E-state index in [0.717, 1.165) is 0 Å². The second-order valence-electron chi connectivity index (χ2n) is 2.44. The summed E-state index contributed by atoms with van der Waals surface area (Å²) >= 11 is 0. The summed E-state index contributed by atoms with van der Waals surface area (Å²) in [6.45, 7) is -0.432. The molecule has 3 N–H and O–H groups in total. The van der Waals surface area contributed by atoms with E-state index in [0.29, 0.717) is 0 Å². The Hall–Kier alpha value is -1.14. The first-order chi connectivity index (χ1) is 6.08. The molecular formula is C7H10N2O3S. The molecule has 0 atom stereocenters. The van der Waals surface area contributed by atoms with Gasteiger partial charge in [0.2, 0.25) is 0 Å². The van der Waals surface area contributed by atoms with Crippen LogP contribution >= 0.6 is 0 Å². The molecule has 5 nitrogen and oxygen atoms in total. The van der Waals surface area contributed by atoms with Gasteiger partial charge in [0.05, 0.1) is 18.0 Å². The zero-order chi connectivity index (χ0) is 9.90. The highest BCUT2D eigenvalue weighted by molar-refractivity contribution is 7.91. The molecule has 1 aromatic heterocycles. The van der Waals surface area contributed by atoms with Crippen molar-refractivity contribution in [1.29, 1.82) is 0 Å². The van der Waals surface area contributed by atoms with E-state index in [4.69, 9.17) is 10.8 Å². The largest absolute Gasteiger partial charge is 0.396 e. The van der Waals surface area contributed by atoms with Crippen LogP contribution in [0.5, 0.6) is 0 Å². The molecule has 72 valence electrons. The summed E-state index contributed by atoms with van der Waals surface area (Å²) in [5.41, 5.74) is 5.52. The van der Waals surface area contributed by atoms with Crippen molar-refractivity contribution in [3.05, 3.63) is 18.3 Å². The van der Waals surface area contributed by atoms with Gasteiger partial charge in [-0.1, -0.05) is 0 Å². The van der Waals surface area contributed by atoms with E-state index < -0.39 is 16.4 Å². The lowest BCUT2D eigenvalue weighted by Gasteiger charge is -2.03. The van der Waals surface area contributed by atoms with Gasteiger partial charge in [-0.05, 0) is 12.1 Å². The third kappa shape index (κ3) is 2.16. The molecule has 0 spiro atoms. The number of sulfone groups is 1. The number of aromatic nitrogens is 1. The minimum atomic E-state index is -3.53. The maximum atomic E-state index is 11.4. The number of hydrogen-bond donors (Lipinski definition) is 2. The van der Waals surface area contributed by atoms with Gasteiger partial charge in [0, 0.05) is 6.20 Å². The van der Waals surface area contributed by atoms with Gasteiger partial charge in [-0.25, -0.2) is 13.4 Å². The Bertz CT molecular complexity index is 388. The van der Waals surface area contributed by atoms with Crippen molar-refractivity contribution in [3.8, 4) is 0 Å². The van der Waals surface area contributed by atoms with E-state index in [1.54, 1.807) is 6.07 Å². The van der Waals surface area contributed by atoms with Gasteiger partial charge < -0.3 is 10.8 Å². The van der Waals surface area contributed by atoms with Gasteiger partial charge in [0.1, 0.15) is 0 Å². The Morgan fingerprint density at radius 3 is 2.77 bits per heavy atom. The number of hydrogen-bond acceptors (Lipinski definition) is 5. The van der Waals surface area contributed by atoms with Gasteiger partial charge in [0.15, 0.2) is 14.9 Å². The molecule has 13 heavy (non-hydrogen) atoms. The number of nitrogens with two attached hydrogens (primary N) is 1. The number of nitrogen functional groups attached to an aromatic ring is 1. The van der Waals surface area contributed by atoms with E-state index in [-0.39, 0.29) is 16.5 Å². The molecule has 0 radical (unpaired) electrons. The van der Waals surface area contributed by atoms with Gasteiger partial charge in [-0.2, -0.15) is 0 Å². The van der Waals surface area contributed by atoms with Crippen molar-refractivity contribution in [2.24, 2.45) is 0 Å². The summed E-state index contributed by atoms with van der Waals surface area (Å²) in [6, 6.07) is 3.00. The van der Waals surface area contributed by atoms with Crippen molar-refractivity contribution < 1.29 is 13.5 Å². The third-order valence-corrected chi connectivity index (χ3v) is 3.11. The second kappa shape index (κ2) is 3.71. The molecule has 0 bridgehead atoms. The molecule has 0 saturated heterocycles. The number of anilines is 1. The Morgan fingerprint density at radius 1 is 1.54 bits per heavy atom. The third-order valence-electron chi connectivity index (χ3n) is 1.46. The van der Waals surface area contributed by atoms with E-state index in [1.165, 1.54) is 12.3 Å². The molecule has 0 aromatic carbocycles. The highest BCUT2D eigenvalue weighted by Gasteiger charge is 2.17. The van der Waals surface area contributed by atoms with Gasteiger partial charge >= 0.3 is 0 Å². The highest BCUT2D eigenvalue weighted by Crippen LogP contribution is 2.14. The van der Waals surface area contributed by atoms with E-state index in [2.05, 4.69) is 4.98 Å². The van der Waals surface area contributed by atoms with Crippen LogP contribution in [0.2, 0.25) is 0 Å². The molecule has 0 fully saturated rings. The monoisotopic (exact) mass is 202 g/mol. The molecule has 0 aliphatic rings. The summed E-state index contributed by atoms with van der Waals surface area (Å²) in [5, 5.41) is 8.34. The Morgan fingerprint density at radius 2 is 2.23 bits per heavy atom. The number of aliphatic hydroxyl groups excluding tert-OH is 1. The first-order valence-corrected chi connectivity index (χ1v) is 5.27. The van der Waals surface area contributed by atoms with Crippen molar-refractivity contribution in [1.82, 2.24) is 4.98 Å². The Kier molecular flexibility index (Phi) is 2.84. The first kappa shape index (κ1) is 9.94. The Balaban J connectivity index is 3.15. The zero-order valence-corrected chi connectivity index (χ0v) is 7.66. The summed E-state index contributed by atoms with van der Waals surface area (Å²) in [5.74, 6) is -0.353. The summed E-state index contributed by atoms with van der Waals surface area (Å²) in [7, 11) is -3.53. The van der Waals surface area contributed by atoms with Crippen molar-refractivity contribution in [3.63, 3.8) is 0 Å². The summed E-state index contributed by atoms with van der Waals surface area (Å²) in [4.78, 5) is 3.64. The quantitative estimate of drug-likeness (QED) is 0.684. The molecule has 0 aliphatic heterocycles. The molecule has 0 amide bonds. The zero-order valence-electron chi connectivity index (χ0n) is 6.84. The van der Waals surface area contributed by atoms with Crippen LogP contribution in [0.15, 0.2) is 23.4 Å². The summed E-state index contributed by atoms with van der Waals surface area (Å²) < 4.78 is 22.7. The molecule has 1 aromatic rings. The van der Waals surface area contributed by atoms with Gasteiger partial charge in [-0.15, -0.1) is 0 Å². The number of aliphatic hydroxyl groups is 1. The molecule has 1 rings (SSSR count). The second-order valence-corrected chi connectivity index (χ2v) is 4.46. The van der Waals surface area contributed by atoms with Crippen LogP contribution < -0.4 is 5.73 Å². The highest BCUT2D eigenvalue weighted by atomic mass is 32.2. The Labute approximate surface area is 76.1 Å². The molecule has 0 saturated carbocycles. The fourth-order valence-electron chi connectivity index (χ4n) is 0.880.